The van der Waals surface area contributed by atoms with Crippen LogP contribution in [0, 0.1) is 0 Å². The lowest BCUT2D eigenvalue weighted by molar-refractivity contribution is 0.0956. The average Bonchev–Trinajstić information content (AvgIpc) is 2.75. The Morgan fingerprint density at radius 1 is 0.966 bits per heavy atom. The third-order valence-electron chi connectivity index (χ3n) is 4.04. The zero-order valence-corrected chi connectivity index (χ0v) is 15.6. The number of benzene rings is 3. The molecule has 3 N–H and O–H groups in total. The van der Waals surface area contributed by atoms with Gasteiger partial charge in [-0.1, -0.05) is 30.3 Å². The Balaban J connectivity index is 1.70. The molecule has 0 aromatic heterocycles. The number of aromatic hydroxyl groups is 1. The lowest BCUT2D eigenvalue weighted by Crippen LogP contribution is -2.21. The molecule has 0 radical (unpaired) electrons. The topological polar surface area (TPSA) is 100 Å². The Bertz CT molecular complexity index is 1050. The van der Waals surface area contributed by atoms with Crippen LogP contribution < -0.4 is 15.5 Å². The fourth-order valence-corrected chi connectivity index (χ4v) is 2.59. The Hall–Kier alpha value is -4.13. The van der Waals surface area contributed by atoms with Crippen LogP contribution in [0.15, 0.2) is 77.9 Å². The van der Waals surface area contributed by atoms with Crippen LogP contribution in [0.4, 0.5) is 5.69 Å². The summed E-state index contributed by atoms with van der Waals surface area (Å²) in [5, 5.41) is 16.4. The predicted molar refractivity (Wildman–Crippen MR) is 111 cm³/mol. The molecule has 2 amide bonds. The van der Waals surface area contributed by atoms with E-state index in [1.807, 2.05) is 6.07 Å². The molecular weight excluding hydrogens is 370 g/mol. The van der Waals surface area contributed by atoms with Crippen molar-refractivity contribution >= 4 is 23.7 Å². The summed E-state index contributed by atoms with van der Waals surface area (Å²) in [5.41, 5.74) is 4.12. The molecule has 0 aliphatic heterocycles. The normalized spacial score (nSPS) is 10.5. The van der Waals surface area contributed by atoms with Crippen LogP contribution in [-0.2, 0) is 0 Å². The Labute approximate surface area is 167 Å². The molecule has 7 nitrogen and oxygen atoms in total. The van der Waals surface area contributed by atoms with E-state index in [-0.39, 0.29) is 17.2 Å². The van der Waals surface area contributed by atoms with Crippen molar-refractivity contribution in [2.45, 2.75) is 0 Å². The van der Waals surface area contributed by atoms with Gasteiger partial charge in [-0.2, -0.15) is 5.10 Å². The summed E-state index contributed by atoms with van der Waals surface area (Å²) in [6, 6.07) is 20.1. The molecule has 146 valence electrons. The van der Waals surface area contributed by atoms with Crippen LogP contribution in [-0.4, -0.2) is 30.2 Å². The molecule has 0 aliphatic rings. The Kier molecular flexibility index (Phi) is 6.22. The minimum absolute atomic E-state index is 0.0308. The number of amides is 2. The van der Waals surface area contributed by atoms with E-state index in [1.54, 1.807) is 60.7 Å². The number of methoxy groups -OCH3 is 1. The molecule has 0 aliphatic carbocycles. The quantitative estimate of drug-likeness (QED) is 0.444. The highest BCUT2D eigenvalue weighted by Crippen LogP contribution is 2.25. The van der Waals surface area contributed by atoms with Crippen molar-refractivity contribution in [3.8, 4) is 11.5 Å². The first-order valence-corrected chi connectivity index (χ1v) is 8.74. The van der Waals surface area contributed by atoms with Crippen LogP contribution in [0.25, 0.3) is 0 Å². The number of carbonyl (C=O) groups is 2. The van der Waals surface area contributed by atoms with E-state index in [0.29, 0.717) is 22.6 Å². The number of anilines is 1. The molecule has 29 heavy (non-hydrogen) atoms. The zero-order valence-electron chi connectivity index (χ0n) is 15.6. The van der Waals surface area contributed by atoms with Crippen LogP contribution >= 0.6 is 0 Å². The number of hydrogen-bond donors (Lipinski definition) is 3. The third kappa shape index (κ3) is 4.98. The minimum atomic E-state index is -0.483. The maximum atomic E-state index is 12.5. The summed E-state index contributed by atoms with van der Waals surface area (Å²) < 4.78 is 4.98. The van der Waals surface area contributed by atoms with E-state index in [9.17, 15) is 14.7 Å². The molecule has 0 atom stereocenters. The van der Waals surface area contributed by atoms with Crippen LogP contribution in [0.1, 0.15) is 26.3 Å². The van der Waals surface area contributed by atoms with Gasteiger partial charge in [-0.05, 0) is 48.0 Å². The molecule has 0 fully saturated rings. The van der Waals surface area contributed by atoms with Crippen LogP contribution in [0.3, 0.4) is 0 Å². The number of carbonyl (C=O) groups excluding carboxylic acids is 2. The monoisotopic (exact) mass is 389 g/mol. The first-order chi connectivity index (χ1) is 14.1. The zero-order chi connectivity index (χ0) is 20.6. The molecule has 7 heteroatoms. The molecule has 0 unspecified atom stereocenters. The van der Waals surface area contributed by atoms with Crippen molar-refractivity contribution in [1.29, 1.82) is 0 Å². The van der Waals surface area contributed by atoms with Gasteiger partial charge in [0.05, 0.1) is 24.6 Å². The number of para-hydroxylation sites is 1. The lowest BCUT2D eigenvalue weighted by atomic mass is 10.1. The van der Waals surface area contributed by atoms with Crippen molar-refractivity contribution in [3.63, 3.8) is 0 Å². The Morgan fingerprint density at radius 3 is 2.41 bits per heavy atom. The first kappa shape index (κ1) is 19.6. The summed E-state index contributed by atoms with van der Waals surface area (Å²) in [5.74, 6) is -0.489. The van der Waals surface area contributed by atoms with Gasteiger partial charge in [-0.3, -0.25) is 9.59 Å². The molecule has 3 aromatic rings. The predicted octanol–water partition coefficient (Wildman–Crippen LogP) is 3.42. The van der Waals surface area contributed by atoms with E-state index in [1.165, 1.54) is 19.4 Å². The molecule has 0 heterocycles. The van der Waals surface area contributed by atoms with Gasteiger partial charge in [0.25, 0.3) is 11.8 Å². The van der Waals surface area contributed by atoms with Gasteiger partial charge in [-0.25, -0.2) is 5.43 Å². The van der Waals surface area contributed by atoms with Gasteiger partial charge >= 0.3 is 0 Å². The summed E-state index contributed by atoms with van der Waals surface area (Å²) in [6.45, 7) is 0. The molecule has 3 rings (SSSR count). The van der Waals surface area contributed by atoms with Crippen molar-refractivity contribution in [3.05, 3.63) is 89.5 Å². The molecular formula is C22H19N3O4. The number of hydrogen-bond acceptors (Lipinski definition) is 5. The van der Waals surface area contributed by atoms with Gasteiger partial charge in [0.2, 0.25) is 0 Å². The van der Waals surface area contributed by atoms with Crippen molar-refractivity contribution in [1.82, 2.24) is 5.43 Å². The maximum Gasteiger partial charge on any atom is 0.273 e. The lowest BCUT2D eigenvalue weighted by Gasteiger charge is -2.10. The highest BCUT2D eigenvalue weighted by molar-refractivity contribution is 6.09. The van der Waals surface area contributed by atoms with Gasteiger partial charge < -0.3 is 15.2 Å². The van der Waals surface area contributed by atoms with E-state index >= 15 is 0 Å². The summed E-state index contributed by atoms with van der Waals surface area (Å²) in [7, 11) is 1.46. The van der Waals surface area contributed by atoms with Gasteiger partial charge in [-0.15, -0.1) is 0 Å². The number of nitrogens with one attached hydrogen (secondary N) is 2. The summed E-state index contributed by atoms with van der Waals surface area (Å²) in [6.07, 6.45) is 1.39. The van der Waals surface area contributed by atoms with Crippen molar-refractivity contribution < 1.29 is 19.4 Å². The number of hydrazone groups is 1. The van der Waals surface area contributed by atoms with Crippen molar-refractivity contribution in [2.75, 3.05) is 12.4 Å². The number of ether oxygens (including phenoxy) is 1. The fraction of sp³-hybridized carbons (Fsp3) is 0.0455. The van der Waals surface area contributed by atoms with Gasteiger partial charge in [0.15, 0.2) is 11.5 Å². The number of phenols is 1. The minimum Gasteiger partial charge on any atom is -0.504 e. The van der Waals surface area contributed by atoms with E-state index in [0.717, 1.165) is 0 Å². The fourth-order valence-electron chi connectivity index (χ4n) is 2.59. The second-order valence-corrected chi connectivity index (χ2v) is 6.00. The standard InChI is InChI=1S/C22H19N3O4/c1-29-20-12-11-15(13-19(20)26)14-23-25-22(28)17-9-5-6-10-18(17)24-21(27)16-7-3-2-4-8-16/h2-14,26H,1H3,(H,24,27)(H,25,28)/b23-14-. The largest absolute Gasteiger partial charge is 0.504 e. The molecule has 3 aromatic carbocycles. The van der Waals surface area contributed by atoms with Crippen LogP contribution in [0.5, 0.6) is 11.5 Å². The maximum absolute atomic E-state index is 12.5. The first-order valence-electron chi connectivity index (χ1n) is 8.74. The second-order valence-electron chi connectivity index (χ2n) is 6.00. The highest BCUT2D eigenvalue weighted by atomic mass is 16.5. The smallest absolute Gasteiger partial charge is 0.273 e. The second kappa shape index (κ2) is 9.18. The molecule has 0 saturated heterocycles. The molecule has 0 bridgehead atoms. The van der Waals surface area contributed by atoms with E-state index < -0.39 is 5.91 Å². The SMILES string of the molecule is COc1ccc(/C=N\NC(=O)c2ccccc2NC(=O)c2ccccc2)cc1O. The van der Waals surface area contributed by atoms with E-state index in [4.69, 9.17) is 4.74 Å². The molecule has 0 spiro atoms. The third-order valence-corrected chi connectivity index (χ3v) is 4.04. The Morgan fingerprint density at radius 2 is 1.69 bits per heavy atom. The number of rotatable bonds is 6. The van der Waals surface area contributed by atoms with E-state index in [2.05, 4.69) is 15.8 Å². The number of nitrogens with zero attached hydrogens (tertiary/aromatic N) is 1. The summed E-state index contributed by atoms with van der Waals surface area (Å²) in [4.78, 5) is 24.9. The molecule has 0 saturated carbocycles. The van der Waals surface area contributed by atoms with Gasteiger partial charge in [0, 0.05) is 5.56 Å². The van der Waals surface area contributed by atoms with Crippen LogP contribution in [0.2, 0.25) is 0 Å². The highest BCUT2D eigenvalue weighted by Gasteiger charge is 2.13. The number of phenolic OH excluding ortho intramolecular Hbond substituents is 1. The average molecular weight is 389 g/mol. The van der Waals surface area contributed by atoms with Crippen molar-refractivity contribution in [2.24, 2.45) is 5.10 Å². The summed E-state index contributed by atoms with van der Waals surface area (Å²) >= 11 is 0. The van der Waals surface area contributed by atoms with Gasteiger partial charge in [0.1, 0.15) is 0 Å².